The average molecular weight is 327 g/mol. The number of H-pyrrole nitrogens is 2. The summed E-state index contributed by atoms with van der Waals surface area (Å²) in [5, 5.41) is 12.4. The summed E-state index contributed by atoms with van der Waals surface area (Å²) in [6.07, 6.45) is 5.90. The van der Waals surface area contributed by atoms with Gasteiger partial charge in [0, 0.05) is 36.0 Å². The number of aromatic amines is 2. The molecule has 2 aromatic heterocycles. The molecule has 0 saturated carbocycles. The second kappa shape index (κ2) is 6.04. The molecule has 7 heteroatoms. The van der Waals surface area contributed by atoms with Crippen LogP contribution in [0.5, 0.6) is 0 Å². The van der Waals surface area contributed by atoms with E-state index in [4.69, 9.17) is 5.11 Å². The van der Waals surface area contributed by atoms with Gasteiger partial charge in [0.2, 0.25) is 0 Å². The number of carboxylic acids is 1. The molecule has 0 unspecified atom stereocenters. The van der Waals surface area contributed by atoms with E-state index in [1.165, 1.54) is 30.5 Å². The van der Waals surface area contributed by atoms with Crippen LogP contribution in [0.4, 0.5) is 10.1 Å². The van der Waals surface area contributed by atoms with Crippen LogP contribution < -0.4 is 5.32 Å². The topological polar surface area (TPSA) is 98.0 Å². The second-order valence-corrected chi connectivity index (χ2v) is 5.17. The maximum absolute atomic E-state index is 13.7. The van der Waals surface area contributed by atoms with E-state index in [9.17, 15) is 14.0 Å². The molecule has 0 fully saturated rings. The molecule has 0 atom stereocenters. The normalized spacial score (nSPS) is 11.2. The number of hydrogen-bond donors (Lipinski definition) is 4. The van der Waals surface area contributed by atoms with Gasteiger partial charge in [-0.2, -0.15) is 0 Å². The lowest BCUT2D eigenvalue weighted by Crippen LogP contribution is -1.95. The molecule has 1 aromatic carbocycles. The number of halogens is 1. The predicted molar refractivity (Wildman–Crippen MR) is 88.9 cm³/mol. The third-order valence-corrected chi connectivity index (χ3v) is 3.67. The standard InChI is InChI=1S/C17H14FN3O3/c1-19-13-6-11(18)5-12-9(7-21-16(12)13)2-3-15(22)10-4-14(17(23)24)20-8-10/h2-8,19-21H,1H3,(H,23,24). The Hall–Kier alpha value is -3.35. The number of hydrogen-bond acceptors (Lipinski definition) is 3. The van der Waals surface area contributed by atoms with E-state index in [0.717, 1.165) is 5.52 Å². The van der Waals surface area contributed by atoms with E-state index in [1.54, 1.807) is 19.3 Å². The molecule has 0 spiro atoms. The highest BCUT2D eigenvalue weighted by atomic mass is 19.1. The van der Waals surface area contributed by atoms with Crippen molar-refractivity contribution in [2.24, 2.45) is 0 Å². The van der Waals surface area contributed by atoms with Gasteiger partial charge in [-0.05, 0) is 30.4 Å². The first kappa shape index (κ1) is 15.5. The number of nitrogens with one attached hydrogen (secondary N) is 3. The Labute approximate surface area is 136 Å². The minimum absolute atomic E-state index is 0.0559. The SMILES string of the molecule is CNc1cc(F)cc2c(C=CC(=O)c3c[nH]c(C(=O)O)c3)c[nH]c12. The molecule has 2 heterocycles. The van der Waals surface area contributed by atoms with Gasteiger partial charge in [0.25, 0.3) is 0 Å². The summed E-state index contributed by atoms with van der Waals surface area (Å²) in [7, 11) is 1.69. The van der Waals surface area contributed by atoms with Crippen molar-refractivity contribution in [3.63, 3.8) is 0 Å². The fourth-order valence-corrected chi connectivity index (χ4v) is 2.47. The van der Waals surface area contributed by atoms with Crippen molar-refractivity contribution in [1.29, 1.82) is 0 Å². The van der Waals surface area contributed by atoms with E-state index in [2.05, 4.69) is 15.3 Å². The van der Waals surface area contributed by atoms with Crippen LogP contribution in [0.2, 0.25) is 0 Å². The number of carbonyl (C=O) groups is 2. The van der Waals surface area contributed by atoms with Crippen LogP contribution in [0, 0.1) is 5.82 Å². The highest BCUT2D eigenvalue weighted by Gasteiger charge is 2.11. The Balaban J connectivity index is 1.91. The average Bonchev–Trinajstić information content (AvgIpc) is 3.19. The maximum Gasteiger partial charge on any atom is 0.352 e. The molecule has 0 saturated heterocycles. The zero-order valence-corrected chi connectivity index (χ0v) is 12.7. The molecule has 122 valence electrons. The van der Waals surface area contributed by atoms with Gasteiger partial charge in [0.05, 0.1) is 11.2 Å². The van der Waals surface area contributed by atoms with Crippen molar-refractivity contribution in [3.05, 3.63) is 59.3 Å². The van der Waals surface area contributed by atoms with Crippen LogP contribution in [-0.2, 0) is 0 Å². The molecule has 0 aliphatic carbocycles. The summed E-state index contributed by atoms with van der Waals surface area (Å²) in [6, 6.07) is 4.03. The van der Waals surface area contributed by atoms with Crippen LogP contribution in [0.1, 0.15) is 26.4 Å². The number of fused-ring (bicyclic) bond motifs is 1. The summed E-state index contributed by atoms with van der Waals surface area (Å²) in [4.78, 5) is 28.5. The van der Waals surface area contributed by atoms with Gasteiger partial charge in [-0.1, -0.05) is 0 Å². The molecule has 0 aliphatic rings. The number of ketones is 1. The van der Waals surface area contributed by atoms with Crippen LogP contribution in [0.15, 0.2) is 36.7 Å². The van der Waals surface area contributed by atoms with Crippen molar-refractivity contribution in [1.82, 2.24) is 9.97 Å². The minimum Gasteiger partial charge on any atom is -0.477 e. The molecule has 24 heavy (non-hydrogen) atoms. The first-order chi connectivity index (χ1) is 11.5. The monoisotopic (exact) mass is 327 g/mol. The second-order valence-electron chi connectivity index (χ2n) is 5.17. The van der Waals surface area contributed by atoms with Gasteiger partial charge in [0.1, 0.15) is 11.5 Å². The quantitative estimate of drug-likeness (QED) is 0.427. The summed E-state index contributed by atoms with van der Waals surface area (Å²) in [5.41, 5.74) is 2.20. The molecule has 0 amide bonds. The molecule has 0 radical (unpaired) electrons. The fourth-order valence-electron chi connectivity index (χ4n) is 2.47. The number of aromatic nitrogens is 2. The van der Waals surface area contributed by atoms with Gasteiger partial charge >= 0.3 is 5.97 Å². The maximum atomic E-state index is 13.7. The lowest BCUT2D eigenvalue weighted by atomic mass is 10.1. The molecular weight excluding hydrogens is 313 g/mol. The predicted octanol–water partition coefficient (Wildman–Crippen LogP) is 3.27. The van der Waals surface area contributed by atoms with Gasteiger partial charge in [-0.3, -0.25) is 4.79 Å². The third kappa shape index (κ3) is 2.79. The Morgan fingerprint density at radius 3 is 2.67 bits per heavy atom. The molecule has 4 N–H and O–H groups in total. The van der Waals surface area contributed by atoms with Crippen LogP contribution in [0.3, 0.4) is 0 Å². The minimum atomic E-state index is -1.13. The summed E-state index contributed by atoms with van der Waals surface area (Å²) in [6.45, 7) is 0. The number of rotatable bonds is 5. The van der Waals surface area contributed by atoms with Gasteiger partial charge < -0.3 is 20.4 Å². The number of aromatic carboxylic acids is 1. The summed E-state index contributed by atoms with van der Waals surface area (Å²) >= 11 is 0. The summed E-state index contributed by atoms with van der Waals surface area (Å²) in [5.74, 6) is -1.87. The Morgan fingerprint density at radius 2 is 2.00 bits per heavy atom. The fraction of sp³-hybridized carbons (Fsp3) is 0.0588. The highest BCUT2D eigenvalue weighted by molar-refractivity contribution is 6.09. The van der Waals surface area contributed by atoms with Crippen molar-refractivity contribution >= 4 is 34.4 Å². The Bertz CT molecular complexity index is 969. The highest BCUT2D eigenvalue weighted by Crippen LogP contribution is 2.27. The Kier molecular flexibility index (Phi) is 3.91. The first-order valence-corrected chi connectivity index (χ1v) is 7.12. The lowest BCUT2D eigenvalue weighted by Gasteiger charge is -2.02. The van der Waals surface area contributed by atoms with Crippen molar-refractivity contribution in [3.8, 4) is 0 Å². The number of anilines is 1. The van der Waals surface area contributed by atoms with Crippen LogP contribution in [0.25, 0.3) is 17.0 Å². The van der Waals surface area contributed by atoms with E-state index in [-0.39, 0.29) is 22.9 Å². The van der Waals surface area contributed by atoms with E-state index >= 15 is 0 Å². The molecule has 6 nitrogen and oxygen atoms in total. The van der Waals surface area contributed by atoms with Gasteiger partial charge in [0.15, 0.2) is 5.78 Å². The summed E-state index contributed by atoms with van der Waals surface area (Å²) < 4.78 is 13.7. The lowest BCUT2D eigenvalue weighted by molar-refractivity contribution is 0.0691. The largest absolute Gasteiger partial charge is 0.477 e. The van der Waals surface area contributed by atoms with Crippen molar-refractivity contribution in [2.75, 3.05) is 12.4 Å². The zero-order valence-electron chi connectivity index (χ0n) is 12.7. The number of benzene rings is 1. The smallest absolute Gasteiger partial charge is 0.352 e. The van der Waals surface area contributed by atoms with Crippen LogP contribution >= 0.6 is 0 Å². The van der Waals surface area contributed by atoms with Gasteiger partial charge in [-0.25, -0.2) is 9.18 Å². The zero-order chi connectivity index (χ0) is 17.3. The van der Waals surface area contributed by atoms with E-state index in [0.29, 0.717) is 16.6 Å². The number of carboxylic acid groups (broad SMARTS) is 1. The first-order valence-electron chi connectivity index (χ1n) is 7.12. The van der Waals surface area contributed by atoms with Gasteiger partial charge in [-0.15, -0.1) is 0 Å². The van der Waals surface area contributed by atoms with E-state index in [1.807, 2.05) is 0 Å². The molecular formula is C17H14FN3O3. The van der Waals surface area contributed by atoms with E-state index < -0.39 is 5.97 Å². The molecule has 3 rings (SSSR count). The van der Waals surface area contributed by atoms with Crippen LogP contribution in [-0.4, -0.2) is 33.9 Å². The molecule has 3 aromatic rings. The number of carbonyl (C=O) groups excluding carboxylic acids is 1. The Morgan fingerprint density at radius 1 is 1.21 bits per heavy atom. The van der Waals surface area contributed by atoms with Crippen molar-refractivity contribution < 1.29 is 19.1 Å². The molecule has 0 bridgehead atoms. The number of allylic oxidation sites excluding steroid dienone is 1. The van der Waals surface area contributed by atoms with Crippen molar-refractivity contribution in [2.45, 2.75) is 0 Å². The molecule has 0 aliphatic heterocycles. The third-order valence-electron chi connectivity index (χ3n) is 3.67.